The third-order valence-corrected chi connectivity index (χ3v) is 5.55. The number of ether oxygens (including phenoxy) is 1. The molecule has 7 heteroatoms. The molecule has 0 amide bonds. The smallest absolute Gasteiger partial charge is 0.181 e. The average molecular weight is 413 g/mol. The van der Waals surface area contributed by atoms with Gasteiger partial charge in [-0.1, -0.05) is 54.6 Å². The lowest BCUT2D eigenvalue weighted by molar-refractivity contribution is -0.118. The third-order valence-electron chi connectivity index (χ3n) is 5.55. The Morgan fingerprint density at radius 2 is 1.77 bits per heavy atom. The fraction of sp³-hybridized carbons (Fsp3) is 0.250. The highest BCUT2D eigenvalue weighted by Gasteiger charge is 2.26. The molecule has 0 spiro atoms. The van der Waals surface area contributed by atoms with Crippen LogP contribution in [0.25, 0.3) is 0 Å². The van der Waals surface area contributed by atoms with Gasteiger partial charge < -0.3 is 15.0 Å². The largest absolute Gasteiger partial charge is 0.378 e. The maximum absolute atomic E-state index is 13.1. The van der Waals surface area contributed by atoms with Gasteiger partial charge in [0.25, 0.3) is 0 Å². The van der Waals surface area contributed by atoms with Crippen molar-refractivity contribution in [3.63, 3.8) is 0 Å². The summed E-state index contributed by atoms with van der Waals surface area (Å²) < 4.78 is 5.43. The molecule has 2 aliphatic rings. The predicted molar refractivity (Wildman–Crippen MR) is 120 cm³/mol. The highest BCUT2D eigenvalue weighted by Crippen LogP contribution is 2.23. The minimum absolute atomic E-state index is 0.00282. The molecule has 0 bridgehead atoms. The Morgan fingerprint density at radius 1 is 1.00 bits per heavy atom. The van der Waals surface area contributed by atoms with Crippen molar-refractivity contribution in [1.29, 1.82) is 0 Å². The Morgan fingerprint density at radius 3 is 2.61 bits per heavy atom. The maximum Gasteiger partial charge on any atom is 0.181 e. The van der Waals surface area contributed by atoms with Crippen molar-refractivity contribution in [2.75, 3.05) is 36.5 Å². The van der Waals surface area contributed by atoms with Crippen molar-refractivity contribution >= 4 is 23.0 Å². The van der Waals surface area contributed by atoms with E-state index in [1.54, 1.807) is 6.20 Å². The number of rotatable bonds is 4. The fourth-order valence-electron chi connectivity index (χ4n) is 3.96. The van der Waals surface area contributed by atoms with Crippen LogP contribution in [0.3, 0.4) is 0 Å². The molecule has 5 rings (SSSR count). The quantitative estimate of drug-likeness (QED) is 0.709. The Balaban J connectivity index is 1.48. The molecule has 7 nitrogen and oxygen atoms in total. The van der Waals surface area contributed by atoms with Crippen molar-refractivity contribution in [2.45, 2.75) is 12.6 Å². The lowest BCUT2D eigenvalue weighted by atomic mass is 9.96. The van der Waals surface area contributed by atoms with Crippen molar-refractivity contribution in [2.24, 2.45) is 4.99 Å². The van der Waals surface area contributed by atoms with Crippen LogP contribution in [0.15, 0.2) is 71.9 Å². The number of anilines is 2. The molecule has 1 N–H and O–H groups in total. The van der Waals surface area contributed by atoms with E-state index in [0.29, 0.717) is 25.5 Å². The molecule has 2 aliphatic heterocycles. The van der Waals surface area contributed by atoms with E-state index in [4.69, 9.17) is 9.73 Å². The van der Waals surface area contributed by atoms with E-state index in [1.807, 2.05) is 60.7 Å². The Bertz CT molecular complexity index is 1110. The lowest BCUT2D eigenvalue weighted by Gasteiger charge is -2.28. The maximum atomic E-state index is 13.1. The van der Waals surface area contributed by atoms with Gasteiger partial charge >= 0.3 is 0 Å². The van der Waals surface area contributed by atoms with Crippen LogP contribution in [0.1, 0.15) is 16.7 Å². The summed E-state index contributed by atoms with van der Waals surface area (Å²) in [6, 6.07) is 19.8. The highest BCUT2D eigenvalue weighted by atomic mass is 16.5. The molecule has 1 atom stereocenters. The van der Waals surface area contributed by atoms with Crippen LogP contribution in [-0.2, 0) is 16.0 Å². The van der Waals surface area contributed by atoms with Crippen LogP contribution >= 0.6 is 0 Å². The highest BCUT2D eigenvalue weighted by molar-refractivity contribution is 6.16. The van der Waals surface area contributed by atoms with E-state index in [2.05, 4.69) is 20.4 Å². The number of carbonyl (C=O) groups is 1. The number of morpholine rings is 1. The molecule has 0 radical (unpaired) electrons. The lowest BCUT2D eigenvalue weighted by Crippen LogP contribution is -2.36. The number of nitrogens with zero attached hydrogens (tertiary/aromatic N) is 4. The summed E-state index contributed by atoms with van der Waals surface area (Å²) in [6.45, 7) is 2.99. The van der Waals surface area contributed by atoms with Gasteiger partial charge in [-0.25, -0.2) is 0 Å². The minimum Gasteiger partial charge on any atom is -0.378 e. The van der Waals surface area contributed by atoms with Gasteiger partial charge in [0, 0.05) is 36.7 Å². The fourth-order valence-corrected chi connectivity index (χ4v) is 3.96. The molecule has 1 fully saturated rings. The van der Waals surface area contributed by atoms with Crippen molar-refractivity contribution in [3.8, 4) is 0 Å². The number of Topliss-reactive ketones (excluding diaryl/α,β-unsaturated/α-hetero) is 1. The van der Waals surface area contributed by atoms with Crippen LogP contribution in [0.4, 0.5) is 11.5 Å². The molecule has 0 aliphatic carbocycles. The van der Waals surface area contributed by atoms with Gasteiger partial charge in [-0.3, -0.25) is 9.79 Å². The van der Waals surface area contributed by atoms with Gasteiger partial charge in [-0.2, -0.15) is 5.10 Å². The topological polar surface area (TPSA) is 79.7 Å². The van der Waals surface area contributed by atoms with Gasteiger partial charge in [-0.15, -0.1) is 5.10 Å². The zero-order valence-corrected chi connectivity index (χ0v) is 17.1. The van der Waals surface area contributed by atoms with Crippen molar-refractivity contribution in [3.05, 3.63) is 83.6 Å². The molecule has 156 valence electrons. The molecule has 31 heavy (non-hydrogen) atoms. The first-order valence-electron chi connectivity index (χ1n) is 10.4. The van der Waals surface area contributed by atoms with E-state index >= 15 is 0 Å². The first kappa shape index (κ1) is 19.4. The summed E-state index contributed by atoms with van der Waals surface area (Å²) in [7, 11) is 0. The van der Waals surface area contributed by atoms with Gasteiger partial charge in [0.2, 0.25) is 0 Å². The van der Waals surface area contributed by atoms with Crippen LogP contribution in [0, 0.1) is 0 Å². The van der Waals surface area contributed by atoms with Gasteiger partial charge in [0.15, 0.2) is 17.8 Å². The van der Waals surface area contributed by atoms with Crippen LogP contribution < -0.4 is 10.2 Å². The summed E-state index contributed by atoms with van der Waals surface area (Å²) in [5.74, 6) is 0.529. The number of aromatic nitrogens is 2. The zero-order valence-electron chi connectivity index (χ0n) is 17.1. The summed E-state index contributed by atoms with van der Waals surface area (Å²) in [5.41, 5.74) is 4.70. The van der Waals surface area contributed by atoms with Crippen LogP contribution in [0.5, 0.6) is 0 Å². The number of ketones is 1. The normalized spacial score (nSPS) is 18.7. The molecule has 2 aromatic carbocycles. The first-order valence-corrected chi connectivity index (χ1v) is 10.4. The molecule has 1 saturated heterocycles. The van der Waals surface area contributed by atoms with E-state index in [0.717, 1.165) is 41.2 Å². The average Bonchev–Trinajstić information content (AvgIpc) is 2.97. The number of hydrogen-bond donors (Lipinski definition) is 1. The van der Waals surface area contributed by atoms with Gasteiger partial charge in [0.05, 0.1) is 30.8 Å². The second kappa shape index (κ2) is 8.65. The summed E-state index contributed by atoms with van der Waals surface area (Å²) in [4.78, 5) is 20.2. The number of fused-ring (bicyclic) bond motifs is 1. The SMILES string of the molecule is O=C1Cc2ccccc2C(c2ccccc2)=NC1Nc1cc(N2CCOCC2)cnn1. The van der Waals surface area contributed by atoms with Gasteiger partial charge in [0.1, 0.15) is 0 Å². The van der Waals surface area contributed by atoms with Crippen molar-refractivity contribution < 1.29 is 9.53 Å². The van der Waals surface area contributed by atoms with Gasteiger partial charge in [-0.05, 0) is 5.56 Å². The summed E-state index contributed by atoms with van der Waals surface area (Å²) in [6.07, 6.45) is 1.31. The second-order valence-electron chi connectivity index (χ2n) is 7.59. The molecule has 3 heterocycles. The van der Waals surface area contributed by atoms with Crippen LogP contribution in [0.2, 0.25) is 0 Å². The number of hydrogen-bond acceptors (Lipinski definition) is 7. The molecular weight excluding hydrogens is 390 g/mol. The molecule has 0 saturated carbocycles. The number of carbonyl (C=O) groups excluding carboxylic acids is 1. The summed E-state index contributed by atoms with van der Waals surface area (Å²) >= 11 is 0. The molecule has 1 aromatic heterocycles. The molecular formula is C24H23N5O2. The summed E-state index contributed by atoms with van der Waals surface area (Å²) in [5, 5.41) is 11.6. The molecule has 3 aromatic rings. The first-order chi connectivity index (χ1) is 15.3. The van der Waals surface area contributed by atoms with E-state index < -0.39 is 6.17 Å². The Labute approximate surface area is 180 Å². The number of benzene rings is 2. The van der Waals surface area contributed by atoms with Crippen molar-refractivity contribution in [1.82, 2.24) is 10.2 Å². The Hall–Kier alpha value is -3.58. The zero-order chi connectivity index (χ0) is 21.0. The van der Waals surface area contributed by atoms with E-state index in [9.17, 15) is 4.79 Å². The van der Waals surface area contributed by atoms with E-state index in [1.165, 1.54) is 0 Å². The molecule has 1 unspecified atom stereocenters. The van der Waals surface area contributed by atoms with Crippen LogP contribution in [-0.4, -0.2) is 54.2 Å². The van der Waals surface area contributed by atoms with E-state index in [-0.39, 0.29) is 5.78 Å². The second-order valence-corrected chi connectivity index (χ2v) is 7.59. The monoisotopic (exact) mass is 413 g/mol. The number of aliphatic imine (C=N–C) groups is 1. The minimum atomic E-state index is -0.739. The Kier molecular flexibility index (Phi) is 5.41. The number of nitrogens with one attached hydrogen (secondary N) is 1. The predicted octanol–water partition coefficient (Wildman–Crippen LogP) is 2.71. The standard InChI is InChI=1S/C24H23N5O2/c30-21-14-18-8-4-5-9-20(18)23(17-6-2-1-3-7-17)27-24(21)26-22-15-19(16-25-28-22)29-10-12-31-13-11-29/h1-9,15-16,24H,10-14H2,(H,26,28). The third kappa shape index (κ3) is 4.18.